The molecule has 106 valence electrons. The molecule has 0 amide bonds. The third-order valence-electron chi connectivity index (χ3n) is 4.28. The first-order valence-corrected chi connectivity index (χ1v) is 7.22. The molecule has 2 rings (SSSR count). The summed E-state index contributed by atoms with van der Waals surface area (Å²) in [4.78, 5) is 0. The number of hydrogen-bond donors (Lipinski definition) is 1. The predicted octanol–water partition coefficient (Wildman–Crippen LogP) is 3.40. The van der Waals surface area contributed by atoms with Crippen molar-refractivity contribution in [1.82, 2.24) is 5.32 Å². The Bertz CT molecular complexity index is 406. The average Bonchev–Trinajstić information content (AvgIpc) is 2.43. The number of methoxy groups -OCH3 is 1. The minimum atomic E-state index is -0.182. The van der Waals surface area contributed by atoms with Crippen LogP contribution < -0.4 is 10.1 Å². The molecule has 2 unspecified atom stereocenters. The molecule has 1 aliphatic rings. The Morgan fingerprint density at radius 1 is 1.26 bits per heavy atom. The van der Waals surface area contributed by atoms with E-state index < -0.39 is 0 Å². The molecule has 0 bridgehead atoms. The summed E-state index contributed by atoms with van der Waals surface area (Å²) in [6.07, 6.45) is 5.88. The summed E-state index contributed by atoms with van der Waals surface area (Å²) < 4.78 is 19.3. The molecule has 1 aliphatic carbocycles. The van der Waals surface area contributed by atoms with E-state index in [4.69, 9.17) is 4.74 Å². The van der Waals surface area contributed by atoms with E-state index in [9.17, 15) is 4.39 Å². The molecule has 1 aromatic carbocycles. The van der Waals surface area contributed by atoms with Crippen molar-refractivity contribution in [1.29, 1.82) is 0 Å². The molecule has 2 atom stereocenters. The van der Waals surface area contributed by atoms with Gasteiger partial charge in [-0.25, -0.2) is 4.39 Å². The van der Waals surface area contributed by atoms with Gasteiger partial charge in [0, 0.05) is 0 Å². The van der Waals surface area contributed by atoms with E-state index in [0.29, 0.717) is 17.6 Å². The van der Waals surface area contributed by atoms with Crippen molar-refractivity contribution >= 4 is 0 Å². The van der Waals surface area contributed by atoms with Crippen LogP contribution >= 0.6 is 0 Å². The van der Waals surface area contributed by atoms with Gasteiger partial charge < -0.3 is 10.1 Å². The summed E-state index contributed by atoms with van der Waals surface area (Å²) in [5.41, 5.74) is 0.798. The summed E-state index contributed by atoms with van der Waals surface area (Å²) in [5, 5.41) is 3.27. The smallest absolute Gasteiger partial charge is 0.168 e. The monoisotopic (exact) mass is 265 g/mol. The maximum absolute atomic E-state index is 14.2. The highest BCUT2D eigenvalue weighted by molar-refractivity contribution is 5.31. The summed E-state index contributed by atoms with van der Waals surface area (Å²) in [5.74, 6) is 1.43. The number of rotatable bonds is 5. The minimum Gasteiger partial charge on any atom is -0.494 e. The average molecular weight is 265 g/mol. The SMILES string of the molecule is CNCC1CCCCC1Cc1cccc(OC)c1F. The van der Waals surface area contributed by atoms with E-state index in [-0.39, 0.29) is 5.82 Å². The largest absolute Gasteiger partial charge is 0.494 e. The van der Waals surface area contributed by atoms with Crippen LogP contribution in [0.15, 0.2) is 18.2 Å². The third-order valence-corrected chi connectivity index (χ3v) is 4.28. The number of hydrogen-bond acceptors (Lipinski definition) is 2. The Kier molecular flexibility index (Phi) is 5.20. The molecule has 0 saturated heterocycles. The van der Waals surface area contributed by atoms with Gasteiger partial charge in [0.1, 0.15) is 0 Å². The molecule has 3 heteroatoms. The van der Waals surface area contributed by atoms with Gasteiger partial charge in [0.2, 0.25) is 0 Å². The van der Waals surface area contributed by atoms with Gasteiger partial charge in [0.05, 0.1) is 7.11 Å². The first kappa shape index (κ1) is 14.3. The maximum Gasteiger partial charge on any atom is 0.168 e. The molecule has 1 N–H and O–H groups in total. The second-order valence-electron chi connectivity index (χ2n) is 5.50. The van der Waals surface area contributed by atoms with Crippen molar-refractivity contribution in [2.24, 2.45) is 11.8 Å². The van der Waals surface area contributed by atoms with Gasteiger partial charge >= 0.3 is 0 Å². The number of ether oxygens (including phenoxy) is 1. The lowest BCUT2D eigenvalue weighted by Gasteiger charge is -2.31. The van der Waals surface area contributed by atoms with Crippen molar-refractivity contribution in [3.8, 4) is 5.75 Å². The molecule has 0 heterocycles. The molecule has 0 aliphatic heterocycles. The first-order valence-electron chi connectivity index (χ1n) is 7.22. The van der Waals surface area contributed by atoms with Crippen LogP contribution in [0, 0.1) is 17.7 Å². The van der Waals surface area contributed by atoms with Crippen molar-refractivity contribution in [3.63, 3.8) is 0 Å². The second kappa shape index (κ2) is 6.90. The summed E-state index contributed by atoms with van der Waals surface area (Å²) in [6, 6.07) is 5.46. The zero-order valence-corrected chi connectivity index (χ0v) is 11.9. The standard InChI is InChI=1S/C16H24FNO/c1-18-11-14-7-4-3-6-12(14)10-13-8-5-9-15(19-2)16(13)17/h5,8-9,12,14,18H,3-4,6-7,10-11H2,1-2H3. The number of halogens is 1. The van der Waals surface area contributed by atoms with Crippen molar-refractivity contribution in [2.45, 2.75) is 32.1 Å². The van der Waals surface area contributed by atoms with E-state index in [1.807, 2.05) is 19.2 Å². The number of nitrogens with one attached hydrogen (secondary N) is 1. The Morgan fingerprint density at radius 3 is 2.68 bits per heavy atom. The highest BCUT2D eigenvalue weighted by Gasteiger charge is 2.25. The van der Waals surface area contributed by atoms with E-state index in [0.717, 1.165) is 18.5 Å². The van der Waals surface area contributed by atoms with Gasteiger partial charge in [0.15, 0.2) is 11.6 Å². The van der Waals surface area contributed by atoms with Gasteiger partial charge in [0.25, 0.3) is 0 Å². The molecule has 19 heavy (non-hydrogen) atoms. The molecule has 0 radical (unpaired) electrons. The van der Waals surface area contributed by atoms with Crippen LogP contribution in [0.2, 0.25) is 0 Å². The van der Waals surface area contributed by atoms with Gasteiger partial charge in [-0.2, -0.15) is 0 Å². The van der Waals surface area contributed by atoms with Crippen LogP contribution in [0.5, 0.6) is 5.75 Å². The molecule has 1 saturated carbocycles. The quantitative estimate of drug-likeness (QED) is 0.881. The van der Waals surface area contributed by atoms with E-state index in [1.165, 1.54) is 32.8 Å². The normalized spacial score (nSPS) is 23.3. The summed E-state index contributed by atoms with van der Waals surface area (Å²) in [7, 11) is 3.52. The van der Waals surface area contributed by atoms with Crippen LogP contribution in [0.1, 0.15) is 31.2 Å². The zero-order valence-electron chi connectivity index (χ0n) is 11.9. The Labute approximate surface area is 115 Å². The fourth-order valence-corrected chi connectivity index (χ4v) is 3.24. The molecule has 0 spiro atoms. The molecule has 1 aromatic rings. The van der Waals surface area contributed by atoms with Crippen molar-refractivity contribution in [3.05, 3.63) is 29.6 Å². The fourth-order valence-electron chi connectivity index (χ4n) is 3.24. The minimum absolute atomic E-state index is 0.182. The summed E-state index contributed by atoms with van der Waals surface area (Å²) in [6.45, 7) is 1.04. The fraction of sp³-hybridized carbons (Fsp3) is 0.625. The lowest BCUT2D eigenvalue weighted by Crippen LogP contribution is -2.30. The lowest BCUT2D eigenvalue weighted by molar-refractivity contribution is 0.230. The van der Waals surface area contributed by atoms with Crippen LogP contribution in [-0.2, 0) is 6.42 Å². The highest BCUT2D eigenvalue weighted by Crippen LogP contribution is 2.33. The first-order chi connectivity index (χ1) is 9.26. The molecular formula is C16H24FNO. The van der Waals surface area contributed by atoms with E-state index in [2.05, 4.69) is 5.32 Å². The molecule has 0 aromatic heterocycles. The Morgan fingerprint density at radius 2 is 2.00 bits per heavy atom. The maximum atomic E-state index is 14.2. The Balaban J connectivity index is 2.10. The third kappa shape index (κ3) is 3.47. The van der Waals surface area contributed by atoms with E-state index in [1.54, 1.807) is 6.07 Å². The van der Waals surface area contributed by atoms with Gasteiger partial charge in [-0.15, -0.1) is 0 Å². The van der Waals surface area contributed by atoms with Gasteiger partial charge in [-0.3, -0.25) is 0 Å². The van der Waals surface area contributed by atoms with Gasteiger partial charge in [-0.1, -0.05) is 25.0 Å². The molecule has 1 fully saturated rings. The highest BCUT2D eigenvalue weighted by atomic mass is 19.1. The topological polar surface area (TPSA) is 21.3 Å². The predicted molar refractivity (Wildman–Crippen MR) is 76.0 cm³/mol. The molecule has 2 nitrogen and oxygen atoms in total. The molecular weight excluding hydrogens is 241 g/mol. The van der Waals surface area contributed by atoms with Gasteiger partial charge in [-0.05, 0) is 56.3 Å². The Hall–Kier alpha value is -1.09. The van der Waals surface area contributed by atoms with Crippen molar-refractivity contribution in [2.75, 3.05) is 20.7 Å². The van der Waals surface area contributed by atoms with Crippen LogP contribution in [0.4, 0.5) is 4.39 Å². The van der Waals surface area contributed by atoms with Crippen molar-refractivity contribution < 1.29 is 9.13 Å². The van der Waals surface area contributed by atoms with Crippen LogP contribution in [0.25, 0.3) is 0 Å². The summed E-state index contributed by atoms with van der Waals surface area (Å²) >= 11 is 0. The van der Waals surface area contributed by atoms with Crippen LogP contribution in [-0.4, -0.2) is 20.7 Å². The zero-order chi connectivity index (χ0) is 13.7. The second-order valence-corrected chi connectivity index (χ2v) is 5.50. The number of benzene rings is 1. The van der Waals surface area contributed by atoms with Crippen LogP contribution in [0.3, 0.4) is 0 Å². The lowest BCUT2D eigenvalue weighted by atomic mass is 9.76. The van der Waals surface area contributed by atoms with E-state index >= 15 is 0 Å².